The number of rotatable bonds is 5. The second kappa shape index (κ2) is 7.35. The standard InChI is InChI=1S/C22H19N3O4S2/c1-13-11-15(14(2)24(13)21-23-9-10-30-21)17(26)12-29-20(28)22-8-7-19(27)25(22)16-5-3-4-6-18(16)31-22/h3-6,9-11H,7-8,12H2,1-2H3. The van der Waals surface area contributed by atoms with Crippen LogP contribution in [-0.2, 0) is 14.3 Å². The Morgan fingerprint density at radius 2 is 2.06 bits per heavy atom. The minimum Gasteiger partial charge on any atom is -0.455 e. The number of para-hydroxylation sites is 1. The van der Waals surface area contributed by atoms with E-state index in [1.54, 1.807) is 12.3 Å². The molecule has 1 saturated heterocycles. The molecule has 7 nitrogen and oxygen atoms in total. The van der Waals surface area contributed by atoms with E-state index in [-0.39, 0.29) is 24.7 Å². The molecule has 2 aliphatic heterocycles. The lowest BCUT2D eigenvalue weighted by atomic mass is 10.1. The number of thioether (sulfide) groups is 1. The van der Waals surface area contributed by atoms with Crippen LogP contribution in [0.2, 0.25) is 0 Å². The summed E-state index contributed by atoms with van der Waals surface area (Å²) in [7, 11) is 0. The number of hydrogen-bond acceptors (Lipinski definition) is 7. The van der Waals surface area contributed by atoms with Crippen molar-refractivity contribution in [3.8, 4) is 5.13 Å². The summed E-state index contributed by atoms with van der Waals surface area (Å²) < 4.78 is 7.41. The number of thiazole rings is 1. The van der Waals surface area contributed by atoms with Gasteiger partial charge in [0.1, 0.15) is 0 Å². The fourth-order valence-corrected chi connectivity index (χ4v) is 6.42. The van der Waals surface area contributed by atoms with Crippen molar-refractivity contribution in [1.29, 1.82) is 0 Å². The van der Waals surface area contributed by atoms with Crippen LogP contribution in [0.5, 0.6) is 0 Å². The minimum absolute atomic E-state index is 0.104. The summed E-state index contributed by atoms with van der Waals surface area (Å²) in [5, 5.41) is 2.66. The van der Waals surface area contributed by atoms with Crippen molar-refractivity contribution in [2.24, 2.45) is 0 Å². The van der Waals surface area contributed by atoms with Gasteiger partial charge in [0.15, 0.2) is 16.6 Å². The van der Waals surface area contributed by atoms with Crippen molar-refractivity contribution < 1.29 is 19.1 Å². The number of hydrogen-bond donors (Lipinski definition) is 0. The molecule has 1 atom stereocenters. The Hall–Kier alpha value is -2.91. The molecular formula is C22H19N3O4S2. The van der Waals surface area contributed by atoms with Crippen molar-refractivity contribution in [3.63, 3.8) is 0 Å². The molecule has 31 heavy (non-hydrogen) atoms. The first-order valence-corrected chi connectivity index (χ1v) is 11.5. The molecule has 0 spiro atoms. The average Bonchev–Trinajstić information content (AvgIpc) is 3.51. The van der Waals surface area contributed by atoms with Gasteiger partial charge in [0.2, 0.25) is 11.7 Å². The highest BCUT2D eigenvalue weighted by atomic mass is 32.2. The van der Waals surface area contributed by atoms with Gasteiger partial charge >= 0.3 is 5.97 Å². The van der Waals surface area contributed by atoms with E-state index in [1.165, 1.54) is 28.0 Å². The molecule has 2 aromatic heterocycles. The third-order valence-electron chi connectivity index (χ3n) is 5.67. The molecule has 1 unspecified atom stereocenters. The lowest BCUT2D eigenvalue weighted by molar-refractivity contribution is -0.145. The Labute approximate surface area is 187 Å². The maximum Gasteiger partial charge on any atom is 0.343 e. The number of carbonyl (C=O) groups is 3. The summed E-state index contributed by atoms with van der Waals surface area (Å²) >= 11 is 2.81. The molecule has 0 aliphatic carbocycles. The van der Waals surface area contributed by atoms with Crippen LogP contribution in [0, 0.1) is 13.8 Å². The van der Waals surface area contributed by atoms with E-state index in [0.717, 1.165) is 27.1 Å². The number of aryl methyl sites for hydroxylation is 1. The van der Waals surface area contributed by atoms with E-state index >= 15 is 0 Å². The molecule has 158 valence electrons. The van der Waals surface area contributed by atoms with Crippen LogP contribution in [0.1, 0.15) is 34.6 Å². The van der Waals surface area contributed by atoms with Crippen molar-refractivity contribution in [2.75, 3.05) is 11.5 Å². The molecule has 1 aromatic carbocycles. The first kappa shape index (κ1) is 20.0. The van der Waals surface area contributed by atoms with Gasteiger partial charge in [-0.1, -0.05) is 23.9 Å². The van der Waals surface area contributed by atoms with Crippen molar-refractivity contribution in [1.82, 2.24) is 9.55 Å². The van der Waals surface area contributed by atoms with E-state index in [9.17, 15) is 14.4 Å². The highest BCUT2D eigenvalue weighted by Crippen LogP contribution is 2.56. The zero-order chi connectivity index (χ0) is 21.8. The largest absolute Gasteiger partial charge is 0.455 e. The van der Waals surface area contributed by atoms with Gasteiger partial charge in [0.05, 0.1) is 5.69 Å². The lowest BCUT2D eigenvalue weighted by Gasteiger charge is -2.28. The van der Waals surface area contributed by atoms with Crippen LogP contribution < -0.4 is 4.90 Å². The molecular weight excluding hydrogens is 434 g/mol. The lowest BCUT2D eigenvalue weighted by Crippen LogP contribution is -2.48. The molecule has 9 heteroatoms. The second-order valence-electron chi connectivity index (χ2n) is 7.52. The Balaban J connectivity index is 1.35. The molecule has 0 bridgehead atoms. The topological polar surface area (TPSA) is 81.5 Å². The van der Waals surface area contributed by atoms with Gasteiger partial charge < -0.3 is 4.74 Å². The number of ketones is 1. The number of amides is 1. The van der Waals surface area contributed by atoms with Gasteiger partial charge in [-0.05, 0) is 32.0 Å². The molecule has 5 rings (SSSR count). The molecule has 1 fully saturated rings. The van der Waals surface area contributed by atoms with E-state index < -0.39 is 10.8 Å². The number of ether oxygens (including phenoxy) is 1. The molecule has 0 N–H and O–H groups in total. The van der Waals surface area contributed by atoms with Crippen LogP contribution in [0.3, 0.4) is 0 Å². The van der Waals surface area contributed by atoms with Crippen LogP contribution in [0.25, 0.3) is 5.13 Å². The number of fused-ring (bicyclic) bond motifs is 3. The highest BCUT2D eigenvalue weighted by Gasteiger charge is 2.58. The molecule has 0 radical (unpaired) electrons. The van der Waals surface area contributed by atoms with E-state index in [0.29, 0.717) is 12.0 Å². The van der Waals surface area contributed by atoms with Crippen LogP contribution in [0.4, 0.5) is 5.69 Å². The summed E-state index contributed by atoms with van der Waals surface area (Å²) in [5.41, 5.74) is 2.87. The van der Waals surface area contributed by atoms with E-state index in [2.05, 4.69) is 4.98 Å². The fourth-order valence-electron chi connectivity index (χ4n) is 4.26. The highest BCUT2D eigenvalue weighted by molar-refractivity contribution is 8.02. The Morgan fingerprint density at radius 1 is 1.26 bits per heavy atom. The first-order valence-electron chi connectivity index (χ1n) is 9.83. The van der Waals surface area contributed by atoms with Gasteiger partial charge in [-0.15, -0.1) is 11.3 Å². The molecule has 0 saturated carbocycles. The van der Waals surface area contributed by atoms with Crippen molar-refractivity contribution in [2.45, 2.75) is 36.5 Å². The van der Waals surface area contributed by atoms with Gasteiger partial charge in [0, 0.05) is 46.3 Å². The number of carbonyl (C=O) groups excluding carboxylic acids is 3. The predicted octanol–water partition coefficient (Wildman–Crippen LogP) is 3.91. The molecule has 4 heterocycles. The SMILES string of the molecule is Cc1cc(C(=O)COC(=O)C23CCC(=O)N2c2ccccc2S3)c(C)n1-c1nccs1. The summed E-state index contributed by atoms with van der Waals surface area (Å²) in [5.74, 6) is -0.939. The number of nitrogens with zero attached hydrogens (tertiary/aromatic N) is 3. The monoisotopic (exact) mass is 453 g/mol. The average molecular weight is 454 g/mol. The maximum absolute atomic E-state index is 13.1. The second-order valence-corrected chi connectivity index (χ2v) is 9.71. The van der Waals surface area contributed by atoms with Gasteiger partial charge in [-0.3, -0.25) is 19.1 Å². The number of Topliss-reactive ketones (excluding diaryl/α,β-unsaturated/α-hetero) is 1. The number of esters is 1. The minimum atomic E-state index is -1.13. The van der Waals surface area contributed by atoms with Crippen molar-refractivity contribution in [3.05, 3.63) is 58.9 Å². The van der Waals surface area contributed by atoms with Gasteiger partial charge in [0.25, 0.3) is 0 Å². The molecule has 3 aromatic rings. The first-order chi connectivity index (χ1) is 14.9. The normalized spacial score (nSPS) is 19.4. The third-order valence-corrected chi connectivity index (χ3v) is 7.88. The summed E-state index contributed by atoms with van der Waals surface area (Å²) in [6.45, 7) is 3.38. The Kier molecular flexibility index (Phi) is 4.75. The van der Waals surface area contributed by atoms with Crippen molar-refractivity contribution >= 4 is 46.4 Å². The van der Waals surface area contributed by atoms with Crippen LogP contribution in [0.15, 0.2) is 46.8 Å². The zero-order valence-electron chi connectivity index (χ0n) is 17.0. The fraction of sp³-hybridized carbons (Fsp3) is 0.273. The number of anilines is 1. The summed E-state index contributed by atoms with van der Waals surface area (Å²) in [6.07, 6.45) is 2.35. The Morgan fingerprint density at radius 3 is 2.84 bits per heavy atom. The quantitative estimate of drug-likeness (QED) is 0.430. The third kappa shape index (κ3) is 3.02. The zero-order valence-corrected chi connectivity index (χ0v) is 18.6. The number of aromatic nitrogens is 2. The smallest absolute Gasteiger partial charge is 0.343 e. The summed E-state index contributed by atoms with van der Waals surface area (Å²) in [4.78, 5) is 44.1. The maximum atomic E-state index is 13.1. The predicted molar refractivity (Wildman–Crippen MR) is 118 cm³/mol. The summed E-state index contributed by atoms with van der Waals surface area (Å²) in [6, 6.07) is 9.22. The van der Waals surface area contributed by atoms with Crippen LogP contribution >= 0.6 is 23.1 Å². The van der Waals surface area contributed by atoms with E-state index in [4.69, 9.17) is 4.74 Å². The van der Waals surface area contributed by atoms with E-state index in [1.807, 2.05) is 48.1 Å². The Bertz CT molecular complexity index is 1220. The number of benzene rings is 1. The molecule has 1 amide bonds. The van der Waals surface area contributed by atoms with Gasteiger partial charge in [-0.2, -0.15) is 0 Å². The van der Waals surface area contributed by atoms with Gasteiger partial charge in [-0.25, -0.2) is 9.78 Å². The molecule has 2 aliphatic rings. The van der Waals surface area contributed by atoms with Crippen LogP contribution in [-0.4, -0.2) is 38.7 Å².